The molecule has 2 N–H and O–H groups in total. The Bertz CT molecular complexity index is 397. The van der Waals surface area contributed by atoms with Crippen molar-refractivity contribution in [2.75, 3.05) is 26.2 Å². The lowest BCUT2D eigenvalue weighted by molar-refractivity contribution is 0.211. The Labute approximate surface area is 117 Å². The minimum atomic E-state index is -3.27. The van der Waals surface area contributed by atoms with Crippen LogP contribution in [0.1, 0.15) is 39.5 Å². The molecule has 2 aliphatic rings. The van der Waals surface area contributed by atoms with Gasteiger partial charge in [-0.2, -0.15) is 17.0 Å². The van der Waals surface area contributed by atoms with Gasteiger partial charge in [-0.25, -0.2) is 0 Å². The van der Waals surface area contributed by atoms with Crippen molar-refractivity contribution < 1.29 is 8.42 Å². The van der Waals surface area contributed by atoms with Crippen molar-refractivity contribution in [2.24, 2.45) is 17.6 Å². The predicted molar refractivity (Wildman–Crippen MR) is 76.8 cm³/mol. The van der Waals surface area contributed by atoms with Gasteiger partial charge in [-0.15, -0.1) is 0 Å². The molecule has 2 saturated heterocycles. The Hall–Kier alpha value is -0.170. The Morgan fingerprint density at radius 3 is 2.26 bits per heavy atom. The Balaban J connectivity index is 2.06. The lowest BCUT2D eigenvalue weighted by Gasteiger charge is -2.38. The van der Waals surface area contributed by atoms with Crippen LogP contribution in [0.25, 0.3) is 0 Å². The number of hydrogen-bond acceptors (Lipinski definition) is 3. The molecule has 2 rings (SSSR count). The first-order chi connectivity index (χ1) is 8.91. The molecule has 112 valence electrons. The zero-order chi connectivity index (χ0) is 14.0. The smallest absolute Gasteiger partial charge is 0.281 e. The third kappa shape index (κ3) is 3.48. The van der Waals surface area contributed by atoms with Crippen LogP contribution in [0.5, 0.6) is 0 Å². The molecule has 2 heterocycles. The van der Waals surface area contributed by atoms with Crippen LogP contribution in [-0.2, 0) is 10.2 Å². The van der Waals surface area contributed by atoms with E-state index in [-0.39, 0.29) is 6.04 Å². The van der Waals surface area contributed by atoms with E-state index < -0.39 is 10.2 Å². The quantitative estimate of drug-likeness (QED) is 0.843. The fourth-order valence-electron chi connectivity index (χ4n) is 3.13. The summed E-state index contributed by atoms with van der Waals surface area (Å²) in [5.41, 5.74) is 5.94. The summed E-state index contributed by atoms with van der Waals surface area (Å²) in [5, 5.41) is 0. The van der Waals surface area contributed by atoms with Gasteiger partial charge in [-0.05, 0) is 44.4 Å². The lowest BCUT2D eigenvalue weighted by atomic mass is 9.93. The van der Waals surface area contributed by atoms with Crippen LogP contribution in [0.15, 0.2) is 0 Å². The van der Waals surface area contributed by atoms with Crippen LogP contribution in [0.2, 0.25) is 0 Å². The third-order valence-electron chi connectivity index (χ3n) is 4.44. The van der Waals surface area contributed by atoms with Crippen molar-refractivity contribution in [1.82, 2.24) is 8.61 Å². The second-order valence-electron chi connectivity index (χ2n) is 6.23. The molecule has 0 aliphatic carbocycles. The number of nitrogens with two attached hydrogens (primary N) is 1. The van der Waals surface area contributed by atoms with E-state index in [1.54, 1.807) is 8.61 Å². The largest absolute Gasteiger partial charge is 0.328 e. The first-order valence-corrected chi connectivity index (χ1v) is 8.81. The summed E-state index contributed by atoms with van der Waals surface area (Å²) < 4.78 is 28.7. The zero-order valence-electron chi connectivity index (χ0n) is 12.1. The van der Waals surface area contributed by atoms with Gasteiger partial charge >= 0.3 is 0 Å². The fourth-order valence-corrected chi connectivity index (χ4v) is 5.00. The van der Waals surface area contributed by atoms with Crippen molar-refractivity contribution in [1.29, 1.82) is 0 Å². The summed E-state index contributed by atoms with van der Waals surface area (Å²) in [4.78, 5) is 0. The summed E-state index contributed by atoms with van der Waals surface area (Å²) in [6.07, 6.45) is 4.08. The SMILES string of the molecule is CC1CCCN(S(=O)(=O)N2CCCC(C(C)N)C2)C1. The van der Waals surface area contributed by atoms with Crippen LogP contribution >= 0.6 is 0 Å². The third-order valence-corrected chi connectivity index (χ3v) is 6.40. The van der Waals surface area contributed by atoms with Gasteiger partial charge in [0.25, 0.3) is 10.2 Å². The standard InChI is InChI=1S/C13H27N3O2S/c1-11-5-3-7-15(9-11)19(17,18)16-8-4-6-13(10-16)12(2)14/h11-13H,3-10,14H2,1-2H3. The summed E-state index contributed by atoms with van der Waals surface area (Å²) in [7, 11) is -3.27. The monoisotopic (exact) mass is 289 g/mol. The molecule has 5 nitrogen and oxygen atoms in total. The Morgan fingerprint density at radius 2 is 1.68 bits per heavy atom. The Kier molecular flexibility index (Phi) is 4.87. The average Bonchev–Trinajstić information content (AvgIpc) is 2.39. The minimum absolute atomic E-state index is 0.0679. The lowest BCUT2D eigenvalue weighted by Crippen LogP contribution is -2.52. The minimum Gasteiger partial charge on any atom is -0.328 e. The Morgan fingerprint density at radius 1 is 1.11 bits per heavy atom. The van der Waals surface area contributed by atoms with Crippen LogP contribution in [0.4, 0.5) is 0 Å². The summed E-state index contributed by atoms with van der Waals surface area (Å²) in [5.74, 6) is 0.767. The van der Waals surface area contributed by atoms with Gasteiger partial charge in [-0.3, -0.25) is 0 Å². The number of rotatable bonds is 3. The molecule has 3 unspecified atom stereocenters. The van der Waals surface area contributed by atoms with E-state index in [0.717, 1.165) is 25.7 Å². The molecule has 19 heavy (non-hydrogen) atoms. The van der Waals surface area contributed by atoms with E-state index in [2.05, 4.69) is 6.92 Å². The van der Waals surface area contributed by atoms with Crippen LogP contribution in [0, 0.1) is 11.8 Å². The molecule has 0 aromatic carbocycles. The van der Waals surface area contributed by atoms with Gasteiger partial charge in [0.05, 0.1) is 0 Å². The molecule has 2 fully saturated rings. The van der Waals surface area contributed by atoms with Gasteiger partial charge in [-0.1, -0.05) is 6.92 Å². The molecule has 0 aromatic rings. The number of piperidine rings is 2. The maximum atomic E-state index is 12.7. The molecule has 6 heteroatoms. The van der Waals surface area contributed by atoms with Crippen molar-refractivity contribution >= 4 is 10.2 Å². The number of nitrogens with zero attached hydrogens (tertiary/aromatic N) is 2. The maximum Gasteiger partial charge on any atom is 0.281 e. The normalized spacial score (nSPS) is 33.2. The molecule has 0 saturated carbocycles. The predicted octanol–water partition coefficient (Wildman–Crippen LogP) is 1.02. The topological polar surface area (TPSA) is 66.6 Å². The highest BCUT2D eigenvalue weighted by atomic mass is 32.2. The van der Waals surface area contributed by atoms with Crippen LogP contribution < -0.4 is 5.73 Å². The molecule has 3 atom stereocenters. The van der Waals surface area contributed by atoms with E-state index in [9.17, 15) is 8.42 Å². The zero-order valence-corrected chi connectivity index (χ0v) is 12.9. The second-order valence-corrected chi connectivity index (χ2v) is 8.16. The van der Waals surface area contributed by atoms with Crippen molar-refractivity contribution in [3.05, 3.63) is 0 Å². The highest BCUT2D eigenvalue weighted by Crippen LogP contribution is 2.25. The highest BCUT2D eigenvalue weighted by Gasteiger charge is 2.36. The van der Waals surface area contributed by atoms with Gasteiger partial charge in [0, 0.05) is 32.2 Å². The molecular formula is C13H27N3O2S. The molecule has 0 aromatic heterocycles. The first kappa shape index (κ1) is 15.2. The van der Waals surface area contributed by atoms with E-state index in [1.807, 2.05) is 6.92 Å². The van der Waals surface area contributed by atoms with E-state index in [0.29, 0.717) is 38.0 Å². The molecule has 0 bridgehead atoms. The van der Waals surface area contributed by atoms with Gasteiger partial charge in [0.2, 0.25) is 0 Å². The molecule has 0 radical (unpaired) electrons. The van der Waals surface area contributed by atoms with Crippen molar-refractivity contribution in [3.63, 3.8) is 0 Å². The highest BCUT2D eigenvalue weighted by molar-refractivity contribution is 7.86. The van der Waals surface area contributed by atoms with Crippen molar-refractivity contribution in [3.8, 4) is 0 Å². The van der Waals surface area contributed by atoms with E-state index >= 15 is 0 Å². The van der Waals surface area contributed by atoms with Crippen molar-refractivity contribution in [2.45, 2.75) is 45.6 Å². The second kappa shape index (κ2) is 6.08. The summed E-state index contributed by atoms with van der Waals surface area (Å²) >= 11 is 0. The van der Waals surface area contributed by atoms with Gasteiger partial charge < -0.3 is 5.73 Å². The van der Waals surface area contributed by atoms with Crippen LogP contribution in [-0.4, -0.2) is 49.2 Å². The molecular weight excluding hydrogens is 262 g/mol. The van der Waals surface area contributed by atoms with Gasteiger partial charge in [0.1, 0.15) is 0 Å². The van der Waals surface area contributed by atoms with E-state index in [1.165, 1.54) is 0 Å². The van der Waals surface area contributed by atoms with Gasteiger partial charge in [0.15, 0.2) is 0 Å². The summed E-state index contributed by atoms with van der Waals surface area (Å²) in [6.45, 7) is 6.68. The average molecular weight is 289 g/mol. The maximum absolute atomic E-state index is 12.7. The first-order valence-electron chi connectivity index (χ1n) is 7.42. The summed E-state index contributed by atoms with van der Waals surface area (Å²) in [6, 6.07) is 0.0679. The molecule has 0 amide bonds. The molecule has 0 spiro atoms. The molecule has 2 aliphatic heterocycles. The fraction of sp³-hybridized carbons (Fsp3) is 1.00. The van der Waals surface area contributed by atoms with E-state index in [4.69, 9.17) is 5.73 Å². The van der Waals surface area contributed by atoms with Crippen LogP contribution in [0.3, 0.4) is 0 Å². The number of hydrogen-bond donors (Lipinski definition) is 1.